The fraction of sp³-hybridized carbons (Fsp3) is 0.647. The van der Waals surface area contributed by atoms with E-state index >= 15 is 0 Å². The van der Waals surface area contributed by atoms with E-state index in [1.165, 1.54) is 44.9 Å². The lowest BCUT2D eigenvalue weighted by molar-refractivity contribution is 0.109. The van der Waals surface area contributed by atoms with Crippen molar-refractivity contribution in [1.82, 2.24) is 5.43 Å². The molecule has 0 bridgehead atoms. The van der Waals surface area contributed by atoms with Gasteiger partial charge in [0.05, 0.1) is 6.04 Å². The van der Waals surface area contributed by atoms with E-state index in [9.17, 15) is 0 Å². The monoisotopic (exact) mass is 292 g/mol. The predicted molar refractivity (Wildman–Crippen MR) is 84.3 cm³/mol. The maximum absolute atomic E-state index is 6.36. The lowest BCUT2D eigenvalue weighted by atomic mass is 9.65. The van der Waals surface area contributed by atoms with Gasteiger partial charge in [-0.2, -0.15) is 0 Å². The summed E-state index contributed by atoms with van der Waals surface area (Å²) in [6, 6.07) is 8.31. The van der Waals surface area contributed by atoms with Crippen LogP contribution in [0.4, 0.5) is 0 Å². The molecule has 4 atom stereocenters. The first-order chi connectivity index (χ1) is 9.79. The molecule has 0 amide bonds. The summed E-state index contributed by atoms with van der Waals surface area (Å²) in [5.74, 6) is 8.38. The van der Waals surface area contributed by atoms with Crippen LogP contribution in [-0.2, 0) is 0 Å². The third-order valence-corrected chi connectivity index (χ3v) is 5.82. The predicted octanol–water partition coefficient (Wildman–Crippen LogP) is 4.45. The molecule has 0 spiro atoms. The van der Waals surface area contributed by atoms with Crippen molar-refractivity contribution in [3.63, 3.8) is 0 Å². The van der Waals surface area contributed by atoms with Crippen LogP contribution in [-0.4, -0.2) is 0 Å². The van der Waals surface area contributed by atoms with Gasteiger partial charge in [0, 0.05) is 5.02 Å². The molecule has 3 rings (SSSR count). The van der Waals surface area contributed by atoms with Gasteiger partial charge < -0.3 is 0 Å². The maximum atomic E-state index is 6.36. The van der Waals surface area contributed by atoms with Crippen molar-refractivity contribution in [3.8, 4) is 0 Å². The van der Waals surface area contributed by atoms with Crippen LogP contribution in [0.2, 0.25) is 5.02 Å². The summed E-state index contributed by atoms with van der Waals surface area (Å²) in [5, 5.41) is 0.834. The highest BCUT2D eigenvalue weighted by Gasteiger charge is 2.36. The second-order valence-corrected chi connectivity index (χ2v) is 6.95. The van der Waals surface area contributed by atoms with Gasteiger partial charge in [-0.05, 0) is 48.6 Å². The lowest BCUT2D eigenvalue weighted by Crippen LogP contribution is -2.38. The Kier molecular flexibility index (Phi) is 4.65. The average Bonchev–Trinajstić information content (AvgIpc) is 2.50. The number of hydrogen-bond donors (Lipinski definition) is 2. The molecule has 0 heterocycles. The van der Waals surface area contributed by atoms with Gasteiger partial charge in [-0.25, -0.2) is 0 Å². The Morgan fingerprint density at radius 2 is 1.80 bits per heavy atom. The average molecular weight is 293 g/mol. The molecular formula is C17H25ClN2. The Morgan fingerprint density at radius 3 is 2.55 bits per heavy atom. The zero-order valence-electron chi connectivity index (χ0n) is 12.0. The topological polar surface area (TPSA) is 38.0 Å². The van der Waals surface area contributed by atoms with Crippen molar-refractivity contribution in [3.05, 3.63) is 34.9 Å². The molecule has 0 aliphatic heterocycles. The Hall–Kier alpha value is -0.570. The largest absolute Gasteiger partial charge is 0.271 e. The molecule has 2 saturated carbocycles. The number of nitrogens with two attached hydrogens (primary N) is 1. The normalized spacial score (nSPS) is 31.6. The van der Waals surface area contributed by atoms with E-state index in [0.29, 0.717) is 5.92 Å². The van der Waals surface area contributed by atoms with Crippen molar-refractivity contribution in [2.45, 2.75) is 51.0 Å². The summed E-state index contributed by atoms with van der Waals surface area (Å²) in [6.45, 7) is 0. The fourth-order valence-electron chi connectivity index (χ4n) is 4.42. The van der Waals surface area contributed by atoms with E-state index in [0.717, 1.165) is 22.4 Å². The van der Waals surface area contributed by atoms with Crippen LogP contribution in [0.25, 0.3) is 0 Å². The number of halogens is 1. The van der Waals surface area contributed by atoms with Crippen molar-refractivity contribution < 1.29 is 0 Å². The molecule has 110 valence electrons. The van der Waals surface area contributed by atoms with Gasteiger partial charge in [0.2, 0.25) is 0 Å². The first-order valence-corrected chi connectivity index (χ1v) is 8.38. The van der Waals surface area contributed by atoms with Crippen LogP contribution in [0.15, 0.2) is 24.3 Å². The van der Waals surface area contributed by atoms with Crippen LogP contribution < -0.4 is 11.3 Å². The highest BCUT2D eigenvalue weighted by atomic mass is 35.5. The molecule has 0 aromatic heterocycles. The van der Waals surface area contributed by atoms with Gasteiger partial charge >= 0.3 is 0 Å². The van der Waals surface area contributed by atoms with E-state index in [4.69, 9.17) is 17.4 Å². The van der Waals surface area contributed by atoms with E-state index in [2.05, 4.69) is 17.6 Å². The van der Waals surface area contributed by atoms with Gasteiger partial charge in [0.25, 0.3) is 0 Å². The second kappa shape index (κ2) is 6.46. The summed E-state index contributed by atoms with van der Waals surface area (Å²) < 4.78 is 0. The molecule has 2 aliphatic rings. The lowest BCUT2D eigenvalue weighted by Gasteiger charge is -2.42. The van der Waals surface area contributed by atoms with E-state index in [1.54, 1.807) is 0 Å². The van der Waals surface area contributed by atoms with Crippen LogP contribution in [0, 0.1) is 17.8 Å². The molecule has 1 aromatic rings. The van der Waals surface area contributed by atoms with Gasteiger partial charge in [-0.1, -0.05) is 55.5 Å². The van der Waals surface area contributed by atoms with Crippen LogP contribution in [0.5, 0.6) is 0 Å². The number of fused-ring (bicyclic) bond motifs is 1. The second-order valence-electron chi connectivity index (χ2n) is 6.54. The molecule has 0 radical (unpaired) electrons. The van der Waals surface area contributed by atoms with Crippen LogP contribution in [0.3, 0.4) is 0 Å². The molecule has 1 aromatic carbocycles. The number of hydrogen-bond acceptors (Lipinski definition) is 2. The minimum Gasteiger partial charge on any atom is -0.271 e. The Bertz CT molecular complexity index is 448. The van der Waals surface area contributed by atoms with Crippen molar-refractivity contribution in [1.29, 1.82) is 0 Å². The maximum Gasteiger partial charge on any atom is 0.0502 e. The zero-order chi connectivity index (χ0) is 13.9. The molecule has 4 unspecified atom stereocenters. The number of rotatable bonds is 3. The molecule has 2 aliphatic carbocycles. The first-order valence-electron chi connectivity index (χ1n) is 8.00. The fourth-order valence-corrected chi connectivity index (χ4v) is 4.67. The van der Waals surface area contributed by atoms with Crippen LogP contribution in [0.1, 0.15) is 56.6 Å². The van der Waals surface area contributed by atoms with Gasteiger partial charge in [-0.15, -0.1) is 0 Å². The minimum atomic E-state index is 0.201. The number of nitrogens with one attached hydrogen (secondary N) is 1. The van der Waals surface area contributed by atoms with Crippen molar-refractivity contribution in [2.24, 2.45) is 23.6 Å². The molecule has 0 saturated heterocycles. The zero-order valence-corrected chi connectivity index (χ0v) is 12.8. The molecule has 3 heteroatoms. The first kappa shape index (κ1) is 14.4. The highest BCUT2D eigenvalue weighted by Crippen LogP contribution is 2.46. The third kappa shape index (κ3) is 2.88. The summed E-state index contributed by atoms with van der Waals surface area (Å²) in [7, 11) is 0. The molecule has 2 fully saturated rings. The van der Waals surface area contributed by atoms with Crippen molar-refractivity contribution >= 4 is 11.6 Å². The van der Waals surface area contributed by atoms with Gasteiger partial charge in [0.1, 0.15) is 0 Å². The quantitative estimate of drug-likeness (QED) is 0.638. The van der Waals surface area contributed by atoms with Crippen molar-refractivity contribution in [2.75, 3.05) is 0 Å². The SMILES string of the molecule is NNC(c1ccccc1Cl)C1CCC2CCCCC2C1. The number of benzene rings is 1. The van der Waals surface area contributed by atoms with Gasteiger partial charge in [-0.3, -0.25) is 11.3 Å². The molecule has 2 nitrogen and oxygen atoms in total. The van der Waals surface area contributed by atoms with E-state index in [-0.39, 0.29) is 6.04 Å². The Balaban J connectivity index is 1.75. The van der Waals surface area contributed by atoms with E-state index < -0.39 is 0 Å². The Morgan fingerprint density at radius 1 is 1.05 bits per heavy atom. The standard InChI is InChI=1S/C17H25ClN2/c18-16-8-4-3-7-15(16)17(20-19)14-10-9-12-5-1-2-6-13(12)11-14/h3-4,7-8,12-14,17,20H,1-2,5-6,9-11,19H2. The molecular weight excluding hydrogens is 268 g/mol. The van der Waals surface area contributed by atoms with E-state index in [1.807, 2.05) is 12.1 Å². The van der Waals surface area contributed by atoms with Gasteiger partial charge in [0.15, 0.2) is 0 Å². The van der Waals surface area contributed by atoms with Crippen LogP contribution >= 0.6 is 11.6 Å². The smallest absolute Gasteiger partial charge is 0.0502 e. The Labute approximate surface area is 127 Å². The summed E-state index contributed by atoms with van der Waals surface area (Å²) >= 11 is 6.36. The summed E-state index contributed by atoms with van der Waals surface area (Å²) in [5.41, 5.74) is 4.20. The number of hydrazine groups is 1. The molecule has 20 heavy (non-hydrogen) atoms. The summed E-state index contributed by atoms with van der Waals surface area (Å²) in [6.07, 6.45) is 9.69. The highest BCUT2D eigenvalue weighted by molar-refractivity contribution is 6.31. The third-order valence-electron chi connectivity index (χ3n) is 5.47. The minimum absolute atomic E-state index is 0.201. The summed E-state index contributed by atoms with van der Waals surface area (Å²) in [4.78, 5) is 0. The molecule has 3 N–H and O–H groups in total.